The number of nitrogens with zero attached hydrogens (tertiary/aromatic N) is 4. The summed E-state index contributed by atoms with van der Waals surface area (Å²) in [4.78, 5) is 28.8. The monoisotopic (exact) mass is 392 g/mol. The fourth-order valence-corrected chi connectivity index (χ4v) is 3.47. The third kappa shape index (κ3) is 3.53. The van der Waals surface area contributed by atoms with Crippen LogP contribution < -0.4 is 21.9 Å². The number of aryl methyl sites for hydroxylation is 1. The van der Waals surface area contributed by atoms with Crippen LogP contribution in [0.15, 0.2) is 49.1 Å². The summed E-state index contributed by atoms with van der Waals surface area (Å²) < 4.78 is 1.07. The number of pyridine rings is 1. The van der Waals surface area contributed by atoms with Gasteiger partial charge in [-0.05, 0) is 30.7 Å². The number of hydrazine groups is 1. The van der Waals surface area contributed by atoms with Crippen molar-refractivity contribution >= 4 is 49.9 Å². The Morgan fingerprint density at radius 1 is 1.11 bits per heavy atom. The van der Waals surface area contributed by atoms with Gasteiger partial charge in [0.05, 0.1) is 10.2 Å². The van der Waals surface area contributed by atoms with E-state index >= 15 is 0 Å². The number of anilines is 4. The molecule has 9 nitrogen and oxygen atoms in total. The van der Waals surface area contributed by atoms with Crippen LogP contribution in [0.25, 0.3) is 10.2 Å². The summed E-state index contributed by atoms with van der Waals surface area (Å²) in [6.45, 7) is 2.01. The van der Waals surface area contributed by atoms with Gasteiger partial charge in [0.1, 0.15) is 12.0 Å². The second kappa shape index (κ2) is 7.45. The third-order valence-corrected chi connectivity index (χ3v) is 4.90. The molecule has 1 aromatic carbocycles. The number of amides is 1. The number of para-hydroxylation sites is 1. The van der Waals surface area contributed by atoms with Gasteiger partial charge in [-0.3, -0.25) is 20.6 Å². The predicted molar refractivity (Wildman–Crippen MR) is 109 cm³/mol. The van der Waals surface area contributed by atoms with Crippen LogP contribution >= 0.6 is 11.3 Å². The molecule has 0 fully saturated rings. The molecule has 0 aliphatic carbocycles. The second-order valence-corrected chi connectivity index (χ2v) is 6.90. The lowest BCUT2D eigenvalue weighted by molar-refractivity contribution is 0.0962. The first-order valence-corrected chi connectivity index (χ1v) is 9.13. The summed E-state index contributed by atoms with van der Waals surface area (Å²) in [5.41, 5.74) is 14.2. The van der Waals surface area contributed by atoms with Gasteiger partial charge in [-0.15, -0.1) is 0 Å². The molecule has 4 aromatic rings. The van der Waals surface area contributed by atoms with Crippen molar-refractivity contribution in [3.63, 3.8) is 0 Å². The normalized spacial score (nSPS) is 10.6. The number of carbonyl (C=O) groups excluding carboxylic acids is 1. The van der Waals surface area contributed by atoms with Crippen molar-refractivity contribution in [3.8, 4) is 0 Å². The van der Waals surface area contributed by atoms with E-state index in [9.17, 15) is 4.79 Å². The van der Waals surface area contributed by atoms with Crippen LogP contribution in [0.5, 0.6) is 0 Å². The minimum Gasteiger partial charge on any atom is -0.393 e. The largest absolute Gasteiger partial charge is 0.393 e. The Morgan fingerprint density at radius 2 is 1.89 bits per heavy atom. The zero-order chi connectivity index (χ0) is 19.5. The first-order valence-electron chi connectivity index (χ1n) is 8.32. The maximum Gasteiger partial charge on any atom is 0.269 e. The van der Waals surface area contributed by atoms with E-state index in [4.69, 9.17) is 5.73 Å². The fraction of sp³-hybridized carbons (Fsp3) is 0.0556. The lowest BCUT2D eigenvalue weighted by Crippen LogP contribution is -2.30. The molecular formula is C18H16N8OS. The number of nitrogens with two attached hydrogens (primary N) is 1. The van der Waals surface area contributed by atoms with Gasteiger partial charge in [0.2, 0.25) is 0 Å². The second-order valence-electron chi connectivity index (χ2n) is 5.87. The molecule has 0 radical (unpaired) electrons. The first kappa shape index (κ1) is 17.6. The summed E-state index contributed by atoms with van der Waals surface area (Å²) in [5, 5.41) is 3.79. The van der Waals surface area contributed by atoms with Crippen LogP contribution in [0.2, 0.25) is 0 Å². The van der Waals surface area contributed by atoms with Crippen LogP contribution in [-0.4, -0.2) is 25.8 Å². The molecular weight excluding hydrogens is 376 g/mol. The molecule has 3 aromatic heterocycles. The van der Waals surface area contributed by atoms with Gasteiger partial charge in [-0.25, -0.2) is 15.0 Å². The number of nitrogen functional groups attached to an aromatic ring is 1. The Kier molecular flexibility index (Phi) is 4.68. The zero-order valence-electron chi connectivity index (χ0n) is 14.8. The minimum atomic E-state index is -0.337. The van der Waals surface area contributed by atoms with E-state index in [0.717, 1.165) is 15.8 Å². The van der Waals surface area contributed by atoms with E-state index in [0.29, 0.717) is 16.5 Å². The van der Waals surface area contributed by atoms with Gasteiger partial charge in [-0.2, -0.15) is 0 Å². The van der Waals surface area contributed by atoms with E-state index in [1.807, 2.05) is 25.1 Å². The molecule has 4 rings (SSSR count). The van der Waals surface area contributed by atoms with E-state index in [-0.39, 0.29) is 17.4 Å². The zero-order valence-corrected chi connectivity index (χ0v) is 15.6. The Labute approximate surface area is 164 Å². The van der Waals surface area contributed by atoms with Crippen LogP contribution in [0, 0.1) is 6.92 Å². The van der Waals surface area contributed by atoms with E-state index in [2.05, 4.69) is 36.1 Å². The molecule has 0 aliphatic rings. The number of hydrogen-bond acceptors (Lipinski definition) is 9. The van der Waals surface area contributed by atoms with Crippen molar-refractivity contribution in [1.82, 2.24) is 25.4 Å². The molecule has 0 aliphatic heterocycles. The fourth-order valence-electron chi connectivity index (χ4n) is 2.53. The molecule has 0 saturated carbocycles. The molecule has 0 bridgehead atoms. The van der Waals surface area contributed by atoms with Crippen LogP contribution in [-0.2, 0) is 0 Å². The van der Waals surface area contributed by atoms with Gasteiger partial charge in [0.25, 0.3) is 5.91 Å². The van der Waals surface area contributed by atoms with Crippen molar-refractivity contribution in [2.45, 2.75) is 6.92 Å². The number of thiazole rings is 1. The van der Waals surface area contributed by atoms with Gasteiger partial charge < -0.3 is 11.1 Å². The van der Waals surface area contributed by atoms with Gasteiger partial charge >= 0.3 is 0 Å². The highest BCUT2D eigenvalue weighted by Crippen LogP contribution is 2.32. The van der Waals surface area contributed by atoms with Gasteiger partial charge in [0, 0.05) is 18.0 Å². The van der Waals surface area contributed by atoms with E-state index in [1.54, 1.807) is 12.1 Å². The molecule has 0 atom stereocenters. The van der Waals surface area contributed by atoms with Crippen molar-refractivity contribution < 1.29 is 4.79 Å². The van der Waals surface area contributed by atoms with E-state index < -0.39 is 0 Å². The lowest BCUT2D eigenvalue weighted by Gasteiger charge is -2.12. The number of rotatable bonds is 5. The quantitative estimate of drug-likeness (QED) is 0.381. The number of nitrogens with one attached hydrogen (secondary N) is 3. The van der Waals surface area contributed by atoms with Gasteiger partial charge in [-0.1, -0.05) is 23.5 Å². The molecule has 3 heterocycles. The molecule has 0 unspecified atom stereocenters. The molecule has 0 saturated heterocycles. The number of benzene rings is 1. The summed E-state index contributed by atoms with van der Waals surface area (Å²) in [7, 11) is 0. The van der Waals surface area contributed by atoms with Crippen molar-refractivity contribution in [3.05, 3.63) is 60.2 Å². The topological polar surface area (TPSA) is 131 Å². The molecule has 28 heavy (non-hydrogen) atoms. The van der Waals surface area contributed by atoms with Crippen LogP contribution in [0.3, 0.4) is 0 Å². The van der Waals surface area contributed by atoms with Gasteiger partial charge in [0.15, 0.2) is 16.8 Å². The Morgan fingerprint density at radius 3 is 2.68 bits per heavy atom. The molecule has 0 spiro atoms. The molecule has 140 valence electrons. The Bertz CT molecular complexity index is 1150. The van der Waals surface area contributed by atoms with E-state index in [1.165, 1.54) is 30.1 Å². The van der Waals surface area contributed by atoms with Crippen molar-refractivity contribution in [2.75, 3.05) is 16.5 Å². The molecule has 10 heteroatoms. The number of fused-ring (bicyclic) bond motifs is 1. The maximum atomic E-state index is 12.1. The SMILES string of the molecule is Cc1cccc2sc(Nc3ncnc(NNC(=O)c4ccncc4)c3N)nc12. The van der Waals surface area contributed by atoms with Crippen LogP contribution in [0.4, 0.5) is 22.5 Å². The predicted octanol–water partition coefficient (Wildman–Crippen LogP) is 2.87. The lowest BCUT2D eigenvalue weighted by atomic mass is 10.2. The Balaban J connectivity index is 1.51. The number of hydrogen-bond donors (Lipinski definition) is 4. The highest BCUT2D eigenvalue weighted by molar-refractivity contribution is 7.22. The summed E-state index contributed by atoms with van der Waals surface area (Å²) in [5.74, 6) is 0.334. The summed E-state index contributed by atoms with van der Waals surface area (Å²) >= 11 is 1.50. The third-order valence-electron chi connectivity index (χ3n) is 3.97. The van der Waals surface area contributed by atoms with Crippen molar-refractivity contribution in [2.24, 2.45) is 0 Å². The summed E-state index contributed by atoms with van der Waals surface area (Å²) in [6.07, 6.45) is 4.42. The number of carbonyl (C=O) groups is 1. The number of aromatic nitrogens is 4. The average Bonchev–Trinajstić information content (AvgIpc) is 3.13. The smallest absolute Gasteiger partial charge is 0.269 e. The first-order chi connectivity index (χ1) is 13.6. The van der Waals surface area contributed by atoms with Crippen LogP contribution in [0.1, 0.15) is 15.9 Å². The molecule has 5 N–H and O–H groups in total. The maximum absolute atomic E-state index is 12.1. The average molecular weight is 392 g/mol. The highest BCUT2D eigenvalue weighted by Gasteiger charge is 2.12. The van der Waals surface area contributed by atoms with Crippen molar-refractivity contribution in [1.29, 1.82) is 0 Å². The highest BCUT2D eigenvalue weighted by atomic mass is 32.1. The standard InChI is InChI=1S/C18H16N8OS/c1-10-3-2-4-12-14(10)23-18(28-12)24-15-13(19)16(22-9-21-15)25-26-17(27)11-5-7-20-8-6-11/h2-9H,19H2,1H3,(H,26,27)(H2,21,22,23,24,25). The minimum absolute atomic E-state index is 0.258. The summed E-state index contributed by atoms with van der Waals surface area (Å²) in [6, 6.07) is 9.21. The molecule has 1 amide bonds. The Hall–Kier alpha value is -3.79.